The second kappa shape index (κ2) is 9.62. The Bertz CT molecular complexity index is 1630. The summed E-state index contributed by atoms with van der Waals surface area (Å²) in [6.45, 7) is 6.10. The number of fused-ring (bicyclic) bond motifs is 2. The summed E-state index contributed by atoms with van der Waals surface area (Å²) in [5.41, 5.74) is 10.1. The molecule has 1 aliphatic carbocycles. The molecule has 0 unspecified atom stereocenters. The van der Waals surface area contributed by atoms with E-state index >= 15 is 0 Å². The Labute approximate surface area is 220 Å². The molecule has 1 aromatic heterocycles. The number of hydrogen-bond donors (Lipinski definition) is 0. The highest BCUT2D eigenvalue weighted by Gasteiger charge is 2.29. The van der Waals surface area contributed by atoms with Gasteiger partial charge in [0.2, 0.25) is 10.0 Å². The van der Waals surface area contributed by atoms with E-state index in [1.54, 1.807) is 4.31 Å². The molecule has 2 heterocycles. The number of aryl methyl sites for hydroxylation is 3. The molecule has 4 nitrogen and oxygen atoms in total. The highest BCUT2D eigenvalue weighted by Crippen LogP contribution is 2.36. The zero-order valence-corrected chi connectivity index (χ0v) is 22.5. The molecule has 0 saturated carbocycles. The number of hydrogen-bond acceptors (Lipinski definition) is 2. The molecule has 37 heavy (non-hydrogen) atoms. The molecule has 0 amide bonds. The molecule has 0 atom stereocenters. The maximum Gasteiger partial charge on any atom is 0.243 e. The zero-order chi connectivity index (χ0) is 25.6. The lowest BCUT2D eigenvalue weighted by molar-refractivity contribution is 0.441. The van der Waals surface area contributed by atoms with Gasteiger partial charge in [0.05, 0.1) is 4.90 Å². The number of aromatic nitrogens is 1. The van der Waals surface area contributed by atoms with Crippen LogP contribution in [-0.4, -0.2) is 30.4 Å². The van der Waals surface area contributed by atoms with Crippen LogP contribution in [0.3, 0.4) is 0 Å². The third-order valence-electron chi connectivity index (χ3n) is 8.27. The first-order valence-electron chi connectivity index (χ1n) is 13.4. The molecule has 190 valence electrons. The molecular formula is C32H34N2O2S. The Balaban J connectivity index is 1.32. The van der Waals surface area contributed by atoms with E-state index in [1.807, 2.05) is 18.2 Å². The minimum atomic E-state index is -3.51. The van der Waals surface area contributed by atoms with Gasteiger partial charge in [-0.25, -0.2) is 8.42 Å². The first-order valence-corrected chi connectivity index (χ1v) is 14.8. The largest absolute Gasteiger partial charge is 0.340 e. The van der Waals surface area contributed by atoms with Crippen molar-refractivity contribution in [2.45, 2.75) is 57.4 Å². The fourth-order valence-corrected chi connectivity index (χ4v) is 7.54. The summed E-state index contributed by atoms with van der Waals surface area (Å²) in [6, 6.07) is 22.9. The van der Waals surface area contributed by atoms with Gasteiger partial charge in [-0.2, -0.15) is 4.31 Å². The SMILES string of the molecule is Cc1ccccc1Cn1c(C)c(C2=CCN(S(=O)(=O)c3ccc4c(c3)CCCC4)CC2)c2ccccc21. The minimum Gasteiger partial charge on any atom is -0.340 e. The lowest BCUT2D eigenvalue weighted by Crippen LogP contribution is -2.34. The Morgan fingerprint density at radius 2 is 1.59 bits per heavy atom. The number of rotatable bonds is 5. The van der Waals surface area contributed by atoms with Crippen molar-refractivity contribution in [3.05, 3.63) is 106 Å². The highest BCUT2D eigenvalue weighted by molar-refractivity contribution is 7.89. The Morgan fingerprint density at radius 1 is 0.838 bits per heavy atom. The fourth-order valence-electron chi connectivity index (χ4n) is 6.11. The number of benzene rings is 3. The van der Waals surface area contributed by atoms with Crippen LogP contribution in [-0.2, 0) is 29.4 Å². The summed E-state index contributed by atoms with van der Waals surface area (Å²) in [7, 11) is -3.51. The van der Waals surface area contributed by atoms with E-state index in [0.717, 1.165) is 25.8 Å². The van der Waals surface area contributed by atoms with Crippen LogP contribution in [0.4, 0.5) is 0 Å². The summed E-state index contributed by atoms with van der Waals surface area (Å²) in [4.78, 5) is 0.441. The van der Waals surface area contributed by atoms with Gasteiger partial charge in [-0.15, -0.1) is 0 Å². The average molecular weight is 511 g/mol. The average Bonchev–Trinajstić information content (AvgIpc) is 3.20. The van der Waals surface area contributed by atoms with Gasteiger partial charge in [0.25, 0.3) is 0 Å². The molecule has 6 rings (SSSR count). The van der Waals surface area contributed by atoms with Crippen molar-refractivity contribution in [2.24, 2.45) is 0 Å². The Hall–Kier alpha value is -3.15. The predicted molar refractivity (Wildman–Crippen MR) is 151 cm³/mol. The van der Waals surface area contributed by atoms with Gasteiger partial charge in [0.1, 0.15) is 0 Å². The molecule has 5 heteroatoms. The van der Waals surface area contributed by atoms with E-state index in [0.29, 0.717) is 24.4 Å². The van der Waals surface area contributed by atoms with Gasteiger partial charge in [0.15, 0.2) is 0 Å². The van der Waals surface area contributed by atoms with Crippen molar-refractivity contribution in [2.75, 3.05) is 13.1 Å². The van der Waals surface area contributed by atoms with Crippen LogP contribution in [0.5, 0.6) is 0 Å². The van der Waals surface area contributed by atoms with E-state index in [1.165, 1.54) is 56.4 Å². The second-order valence-electron chi connectivity index (χ2n) is 10.5. The molecule has 1 aliphatic heterocycles. The molecular weight excluding hydrogens is 476 g/mol. The van der Waals surface area contributed by atoms with Crippen LogP contribution in [0.1, 0.15) is 52.8 Å². The van der Waals surface area contributed by atoms with Crippen molar-refractivity contribution >= 4 is 26.5 Å². The molecule has 0 bridgehead atoms. The number of nitrogens with zero attached hydrogens (tertiary/aromatic N) is 2. The van der Waals surface area contributed by atoms with E-state index in [-0.39, 0.29) is 0 Å². The molecule has 0 saturated heterocycles. The van der Waals surface area contributed by atoms with Crippen LogP contribution >= 0.6 is 0 Å². The maximum absolute atomic E-state index is 13.5. The van der Waals surface area contributed by atoms with E-state index in [9.17, 15) is 8.42 Å². The van der Waals surface area contributed by atoms with Gasteiger partial charge in [-0.3, -0.25) is 0 Å². The van der Waals surface area contributed by atoms with Crippen molar-refractivity contribution in [1.82, 2.24) is 8.87 Å². The molecule has 0 fully saturated rings. The molecule has 2 aliphatic rings. The van der Waals surface area contributed by atoms with Gasteiger partial charge in [-0.1, -0.05) is 54.6 Å². The fraction of sp³-hybridized carbons (Fsp3) is 0.312. The van der Waals surface area contributed by atoms with Gasteiger partial charge < -0.3 is 4.57 Å². The molecule has 4 aromatic rings. The zero-order valence-electron chi connectivity index (χ0n) is 21.7. The van der Waals surface area contributed by atoms with E-state index in [4.69, 9.17) is 0 Å². The highest BCUT2D eigenvalue weighted by atomic mass is 32.2. The molecule has 3 aromatic carbocycles. The minimum absolute atomic E-state index is 0.408. The molecule has 0 spiro atoms. The van der Waals surface area contributed by atoms with Crippen molar-refractivity contribution in [3.63, 3.8) is 0 Å². The first kappa shape index (κ1) is 24.2. The lowest BCUT2D eigenvalue weighted by Gasteiger charge is -2.27. The van der Waals surface area contributed by atoms with Gasteiger partial charge in [0, 0.05) is 41.8 Å². The summed E-state index contributed by atoms with van der Waals surface area (Å²) in [5.74, 6) is 0. The van der Waals surface area contributed by atoms with Crippen LogP contribution < -0.4 is 0 Å². The van der Waals surface area contributed by atoms with Crippen LogP contribution in [0.25, 0.3) is 16.5 Å². The van der Waals surface area contributed by atoms with Crippen LogP contribution in [0, 0.1) is 13.8 Å². The third-order valence-corrected chi connectivity index (χ3v) is 10.1. The van der Waals surface area contributed by atoms with Crippen molar-refractivity contribution in [3.8, 4) is 0 Å². The Kier molecular flexibility index (Phi) is 6.29. The topological polar surface area (TPSA) is 42.3 Å². The van der Waals surface area contributed by atoms with E-state index in [2.05, 4.69) is 73.0 Å². The summed E-state index contributed by atoms with van der Waals surface area (Å²) < 4.78 is 31.1. The molecule has 0 N–H and O–H groups in total. The summed E-state index contributed by atoms with van der Waals surface area (Å²) >= 11 is 0. The lowest BCUT2D eigenvalue weighted by atomic mass is 9.92. The monoisotopic (exact) mass is 510 g/mol. The van der Waals surface area contributed by atoms with E-state index < -0.39 is 10.0 Å². The van der Waals surface area contributed by atoms with Gasteiger partial charge >= 0.3 is 0 Å². The van der Waals surface area contributed by atoms with Crippen molar-refractivity contribution in [1.29, 1.82) is 0 Å². The van der Waals surface area contributed by atoms with Gasteiger partial charge in [-0.05, 0) is 92.0 Å². The third kappa shape index (κ3) is 4.34. The van der Waals surface area contributed by atoms with Crippen LogP contribution in [0.15, 0.2) is 77.7 Å². The predicted octanol–water partition coefficient (Wildman–Crippen LogP) is 6.66. The second-order valence-corrected chi connectivity index (χ2v) is 12.4. The molecule has 0 radical (unpaired) electrons. The normalized spacial score (nSPS) is 16.5. The smallest absolute Gasteiger partial charge is 0.243 e. The number of para-hydroxylation sites is 1. The first-order chi connectivity index (χ1) is 17.9. The van der Waals surface area contributed by atoms with Crippen LogP contribution in [0.2, 0.25) is 0 Å². The Morgan fingerprint density at radius 3 is 2.38 bits per heavy atom. The summed E-state index contributed by atoms with van der Waals surface area (Å²) in [6.07, 6.45) is 7.22. The van der Waals surface area contributed by atoms with Crippen molar-refractivity contribution < 1.29 is 8.42 Å². The summed E-state index contributed by atoms with van der Waals surface area (Å²) in [5, 5.41) is 1.24. The maximum atomic E-state index is 13.5. The standard InChI is InChI=1S/C32H34N2O2S/c1-23-9-3-4-12-28(23)22-34-24(2)32(30-13-7-8-14-31(30)34)26-17-19-33(20-18-26)37(35,36)29-16-15-25-10-5-6-11-27(25)21-29/h3-4,7-9,12-17,21H,5-6,10-11,18-20,22H2,1-2H3. The quantitative estimate of drug-likeness (QED) is 0.301. The number of sulfonamides is 1.